The zero-order valence-corrected chi connectivity index (χ0v) is 20.4. The maximum Gasteiger partial charge on any atom is 0.138 e. The molecule has 0 aliphatic rings. The highest BCUT2D eigenvalue weighted by Gasteiger charge is 2.01. The van der Waals surface area contributed by atoms with Gasteiger partial charge < -0.3 is 9.47 Å². The fraction of sp³-hybridized carbons (Fsp3) is 0.552. The Morgan fingerprint density at radius 1 is 0.750 bits per heavy atom. The van der Waals surface area contributed by atoms with E-state index in [4.69, 9.17) is 9.47 Å². The maximum absolute atomic E-state index is 5.79. The molecule has 2 rings (SSSR count). The van der Waals surface area contributed by atoms with E-state index in [9.17, 15) is 0 Å². The minimum absolute atomic E-state index is 0.607. The molecule has 2 aromatic rings. The van der Waals surface area contributed by atoms with Crippen molar-refractivity contribution in [2.45, 2.75) is 84.5 Å². The standard InChI is InChI=1S/C29H43NO2/c1-3-5-6-7-8-9-10-14-24-32-28-20-21-29(30-25-28)27-18-16-26(17-19-27)15-12-11-13-23-31-22-4-2/h10,14,16-21,25H,3-9,11-13,15,22-24H2,1-2H3/b14-10+. The van der Waals surface area contributed by atoms with Crippen molar-refractivity contribution in [2.75, 3.05) is 19.8 Å². The Bertz CT molecular complexity index is 722. The molecule has 0 atom stereocenters. The summed E-state index contributed by atoms with van der Waals surface area (Å²) in [7, 11) is 0. The first kappa shape index (κ1) is 26.1. The second-order valence-corrected chi connectivity index (χ2v) is 8.48. The van der Waals surface area contributed by atoms with Crippen LogP contribution < -0.4 is 4.74 Å². The van der Waals surface area contributed by atoms with Crippen molar-refractivity contribution in [2.24, 2.45) is 0 Å². The zero-order chi connectivity index (χ0) is 22.7. The van der Waals surface area contributed by atoms with Gasteiger partial charge in [-0.1, -0.05) is 82.4 Å². The van der Waals surface area contributed by atoms with E-state index in [-0.39, 0.29) is 0 Å². The second kappa shape index (κ2) is 17.4. The lowest BCUT2D eigenvalue weighted by molar-refractivity contribution is 0.130. The summed E-state index contributed by atoms with van der Waals surface area (Å²) in [5.41, 5.74) is 3.52. The minimum Gasteiger partial charge on any atom is -0.488 e. The molecule has 1 heterocycles. The number of aryl methyl sites for hydroxylation is 1. The maximum atomic E-state index is 5.79. The number of hydrogen-bond acceptors (Lipinski definition) is 3. The third kappa shape index (κ3) is 11.5. The fourth-order valence-corrected chi connectivity index (χ4v) is 3.63. The average Bonchev–Trinajstić information content (AvgIpc) is 2.83. The molecule has 1 aromatic heterocycles. The monoisotopic (exact) mass is 437 g/mol. The van der Waals surface area contributed by atoms with E-state index in [1.54, 1.807) is 0 Å². The number of pyridine rings is 1. The SMILES string of the molecule is CCCCCCC/C=C/COc1ccc(-c2ccc(CCCCCOCCC)cc2)nc1. The molecular weight excluding hydrogens is 394 g/mol. The molecule has 0 spiro atoms. The molecule has 3 nitrogen and oxygen atoms in total. The third-order valence-electron chi connectivity index (χ3n) is 5.58. The molecule has 0 radical (unpaired) electrons. The number of rotatable bonds is 18. The first-order chi connectivity index (χ1) is 15.8. The smallest absolute Gasteiger partial charge is 0.138 e. The van der Waals surface area contributed by atoms with Gasteiger partial charge in [-0.3, -0.25) is 4.98 Å². The number of ether oxygens (including phenoxy) is 2. The number of unbranched alkanes of at least 4 members (excludes halogenated alkanes) is 7. The van der Waals surface area contributed by atoms with Crippen LogP contribution >= 0.6 is 0 Å². The fourth-order valence-electron chi connectivity index (χ4n) is 3.63. The van der Waals surface area contributed by atoms with E-state index >= 15 is 0 Å². The van der Waals surface area contributed by atoms with Gasteiger partial charge in [0, 0.05) is 18.8 Å². The summed E-state index contributed by atoms with van der Waals surface area (Å²) in [6.45, 7) is 6.79. The molecule has 3 heteroatoms. The van der Waals surface area contributed by atoms with Gasteiger partial charge in [-0.05, 0) is 56.2 Å². The Balaban J connectivity index is 1.64. The van der Waals surface area contributed by atoms with Crippen molar-refractivity contribution in [3.8, 4) is 17.0 Å². The van der Waals surface area contributed by atoms with Gasteiger partial charge in [0.1, 0.15) is 12.4 Å². The lowest BCUT2D eigenvalue weighted by Gasteiger charge is -2.07. The van der Waals surface area contributed by atoms with Crippen molar-refractivity contribution >= 4 is 0 Å². The Morgan fingerprint density at radius 2 is 1.56 bits per heavy atom. The first-order valence-electron chi connectivity index (χ1n) is 12.7. The molecule has 0 saturated heterocycles. The van der Waals surface area contributed by atoms with Gasteiger partial charge in [-0.2, -0.15) is 0 Å². The Hall–Kier alpha value is -2.13. The molecule has 1 aromatic carbocycles. The molecule has 176 valence electrons. The van der Waals surface area contributed by atoms with E-state index < -0.39 is 0 Å². The molecule has 0 aliphatic carbocycles. The summed E-state index contributed by atoms with van der Waals surface area (Å²) in [5.74, 6) is 0.820. The van der Waals surface area contributed by atoms with Gasteiger partial charge in [0.15, 0.2) is 0 Å². The third-order valence-corrected chi connectivity index (χ3v) is 5.58. The van der Waals surface area contributed by atoms with Crippen molar-refractivity contribution in [1.29, 1.82) is 0 Å². The van der Waals surface area contributed by atoms with Crippen LogP contribution in [0.5, 0.6) is 5.75 Å². The number of allylic oxidation sites excluding steroid dienone is 1. The average molecular weight is 438 g/mol. The van der Waals surface area contributed by atoms with Crippen LogP contribution in [0.3, 0.4) is 0 Å². The normalized spacial score (nSPS) is 11.3. The number of aromatic nitrogens is 1. The highest BCUT2D eigenvalue weighted by molar-refractivity contribution is 5.59. The van der Waals surface area contributed by atoms with Gasteiger partial charge in [-0.25, -0.2) is 0 Å². The topological polar surface area (TPSA) is 31.4 Å². The number of hydrogen-bond donors (Lipinski definition) is 0. The van der Waals surface area contributed by atoms with Crippen LogP contribution in [0.2, 0.25) is 0 Å². The molecule has 0 aliphatic heterocycles. The first-order valence-corrected chi connectivity index (χ1v) is 12.7. The molecule has 0 N–H and O–H groups in total. The van der Waals surface area contributed by atoms with Gasteiger partial charge in [0.25, 0.3) is 0 Å². The Morgan fingerprint density at radius 3 is 2.31 bits per heavy atom. The van der Waals surface area contributed by atoms with Crippen molar-refractivity contribution in [3.05, 3.63) is 60.3 Å². The van der Waals surface area contributed by atoms with E-state index in [0.717, 1.165) is 55.9 Å². The molecule has 0 fully saturated rings. The second-order valence-electron chi connectivity index (χ2n) is 8.48. The lowest BCUT2D eigenvalue weighted by atomic mass is 10.0. The predicted octanol–water partition coefficient (Wildman–Crippen LogP) is 8.18. The highest BCUT2D eigenvalue weighted by atomic mass is 16.5. The van der Waals surface area contributed by atoms with E-state index in [0.29, 0.717) is 6.61 Å². The van der Waals surface area contributed by atoms with Crippen molar-refractivity contribution in [3.63, 3.8) is 0 Å². The number of benzene rings is 1. The van der Waals surface area contributed by atoms with E-state index in [2.05, 4.69) is 55.2 Å². The molecular formula is C29H43NO2. The van der Waals surface area contributed by atoms with Crippen LogP contribution in [0, 0.1) is 0 Å². The summed E-state index contributed by atoms with van der Waals surface area (Å²) in [4.78, 5) is 4.58. The summed E-state index contributed by atoms with van der Waals surface area (Å²) < 4.78 is 11.3. The van der Waals surface area contributed by atoms with Gasteiger partial charge >= 0.3 is 0 Å². The van der Waals surface area contributed by atoms with Gasteiger partial charge in [-0.15, -0.1) is 0 Å². The molecule has 0 amide bonds. The minimum atomic E-state index is 0.607. The quantitative estimate of drug-likeness (QED) is 0.174. The summed E-state index contributed by atoms with van der Waals surface area (Å²) in [5, 5.41) is 0. The van der Waals surface area contributed by atoms with Crippen LogP contribution in [0.4, 0.5) is 0 Å². The predicted molar refractivity (Wildman–Crippen MR) is 136 cm³/mol. The summed E-state index contributed by atoms with van der Waals surface area (Å²) in [6.07, 6.45) is 19.8. The van der Waals surface area contributed by atoms with Crippen LogP contribution in [-0.4, -0.2) is 24.8 Å². The van der Waals surface area contributed by atoms with Crippen LogP contribution in [-0.2, 0) is 11.2 Å². The molecule has 0 bridgehead atoms. The molecule has 0 unspecified atom stereocenters. The van der Waals surface area contributed by atoms with Gasteiger partial charge in [0.05, 0.1) is 11.9 Å². The van der Waals surface area contributed by atoms with Crippen molar-refractivity contribution in [1.82, 2.24) is 4.98 Å². The van der Waals surface area contributed by atoms with E-state index in [1.165, 1.54) is 50.5 Å². The summed E-state index contributed by atoms with van der Waals surface area (Å²) >= 11 is 0. The van der Waals surface area contributed by atoms with Gasteiger partial charge in [0.2, 0.25) is 0 Å². The van der Waals surface area contributed by atoms with Crippen LogP contribution in [0.1, 0.15) is 83.6 Å². The van der Waals surface area contributed by atoms with Crippen molar-refractivity contribution < 1.29 is 9.47 Å². The lowest BCUT2D eigenvalue weighted by Crippen LogP contribution is -1.96. The van der Waals surface area contributed by atoms with Crippen LogP contribution in [0.15, 0.2) is 54.7 Å². The highest BCUT2D eigenvalue weighted by Crippen LogP contribution is 2.21. The Kier molecular flexibility index (Phi) is 14.2. The van der Waals surface area contributed by atoms with Crippen LogP contribution in [0.25, 0.3) is 11.3 Å². The molecule has 32 heavy (non-hydrogen) atoms. The summed E-state index contributed by atoms with van der Waals surface area (Å²) in [6, 6.07) is 12.8. The van der Waals surface area contributed by atoms with E-state index in [1.807, 2.05) is 18.3 Å². The number of nitrogens with zero attached hydrogens (tertiary/aromatic N) is 1. The Labute approximate surface area is 196 Å². The largest absolute Gasteiger partial charge is 0.488 e. The zero-order valence-electron chi connectivity index (χ0n) is 20.4. The molecule has 0 saturated carbocycles.